The highest BCUT2D eigenvalue weighted by molar-refractivity contribution is 5.84. The Morgan fingerprint density at radius 3 is 2.36 bits per heavy atom. The first kappa shape index (κ1) is 11.0. The van der Waals surface area contributed by atoms with Crippen LogP contribution in [-0.4, -0.2) is 15.5 Å². The van der Waals surface area contributed by atoms with Crippen LogP contribution >= 0.6 is 0 Å². The van der Waals surface area contributed by atoms with Gasteiger partial charge in [-0.05, 0) is 26.0 Å². The lowest BCUT2D eigenvalue weighted by molar-refractivity contribution is -0.137. The molecule has 14 heavy (non-hydrogen) atoms. The molecule has 0 fully saturated rings. The molecular formula is C11H17NO2. The number of carbonyl (C=O) groups excluding carboxylic acids is 1. The standard InChI is InChI=1S/C11H17NO2/c1-4-9(13)11(2,3)10(14)12-7-5-6-8-12/h5-8,10,14H,4H2,1-3H3/t10-/m0/s1. The van der Waals surface area contributed by atoms with E-state index in [1.54, 1.807) is 30.8 Å². The summed E-state index contributed by atoms with van der Waals surface area (Å²) in [6, 6.07) is 3.66. The summed E-state index contributed by atoms with van der Waals surface area (Å²) in [6.45, 7) is 5.35. The van der Waals surface area contributed by atoms with E-state index in [1.807, 2.05) is 19.1 Å². The van der Waals surface area contributed by atoms with Crippen LogP contribution in [0.25, 0.3) is 0 Å². The largest absolute Gasteiger partial charge is 0.372 e. The molecule has 0 aromatic carbocycles. The molecule has 0 unspecified atom stereocenters. The maximum atomic E-state index is 11.6. The second-order valence-corrected chi connectivity index (χ2v) is 4.00. The van der Waals surface area contributed by atoms with Crippen LogP contribution in [0.4, 0.5) is 0 Å². The van der Waals surface area contributed by atoms with E-state index in [9.17, 15) is 9.90 Å². The van der Waals surface area contributed by atoms with Crippen molar-refractivity contribution in [3.63, 3.8) is 0 Å². The molecule has 3 nitrogen and oxygen atoms in total. The molecule has 78 valence electrons. The third kappa shape index (κ3) is 1.87. The van der Waals surface area contributed by atoms with Crippen LogP contribution < -0.4 is 0 Å². The van der Waals surface area contributed by atoms with E-state index < -0.39 is 11.6 Å². The highest BCUT2D eigenvalue weighted by atomic mass is 16.3. The van der Waals surface area contributed by atoms with Gasteiger partial charge in [0.15, 0.2) is 0 Å². The van der Waals surface area contributed by atoms with Crippen molar-refractivity contribution in [1.29, 1.82) is 0 Å². The minimum atomic E-state index is -0.787. The number of hydrogen-bond acceptors (Lipinski definition) is 2. The van der Waals surface area contributed by atoms with Crippen LogP contribution in [0.2, 0.25) is 0 Å². The summed E-state index contributed by atoms with van der Waals surface area (Å²) in [5.74, 6) is 0.0682. The van der Waals surface area contributed by atoms with Gasteiger partial charge in [-0.1, -0.05) is 6.92 Å². The number of ketones is 1. The molecule has 0 spiro atoms. The summed E-state index contributed by atoms with van der Waals surface area (Å²) in [5, 5.41) is 9.98. The molecule has 0 aliphatic heterocycles. The lowest BCUT2D eigenvalue weighted by Gasteiger charge is -2.29. The summed E-state index contributed by atoms with van der Waals surface area (Å²) in [5.41, 5.74) is -0.728. The van der Waals surface area contributed by atoms with Crippen LogP contribution in [0.3, 0.4) is 0 Å². The Morgan fingerprint density at radius 1 is 1.43 bits per heavy atom. The molecule has 0 saturated carbocycles. The molecular weight excluding hydrogens is 178 g/mol. The van der Waals surface area contributed by atoms with Gasteiger partial charge in [-0.25, -0.2) is 0 Å². The first-order chi connectivity index (χ1) is 6.50. The second kappa shape index (κ2) is 3.96. The molecule has 3 heteroatoms. The Hall–Kier alpha value is -1.09. The molecule has 0 aliphatic carbocycles. The smallest absolute Gasteiger partial charge is 0.142 e. The van der Waals surface area contributed by atoms with E-state index in [0.29, 0.717) is 6.42 Å². The van der Waals surface area contributed by atoms with Gasteiger partial charge in [0.25, 0.3) is 0 Å². The minimum Gasteiger partial charge on any atom is -0.372 e. The van der Waals surface area contributed by atoms with Crippen molar-refractivity contribution in [2.75, 3.05) is 0 Å². The van der Waals surface area contributed by atoms with Gasteiger partial charge in [0.1, 0.15) is 12.0 Å². The number of hydrogen-bond donors (Lipinski definition) is 1. The molecule has 1 aromatic heterocycles. The normalized spacial score (nSPS) is 14.0. The van der Waals surface area contributed by atoms with E-state index in [4.69, 9.17) is 0 Å². The van der Waals surface area contributed by atoms with Gasteiger partial charge < -0.3 is 9.67 Å². The molecule has 0 saturated heterocycles. The SMILES string of the molecule is CCC(=O)C(C)(C)[C@H](O)n1cccc1. The van der Waals surface area contributed by atoms with Crippen molar-refractivity contribution < 1.29 is 9.90 Å². The van der Waals surface area contributed by atoms with Crippen LogP contribution in [-0.2, 0) is 4.79 Å². The Balaban J connectivity index is 2.88. The zero-order chi connectivity index (χ0) is 10.8. The van der Waals surface area contributed by atoms with Crippen LogP contribution in [0, 0.1) is 5.41 Å². The number of Topliss-reactive ketones (excluding diaryl/α,β-unsaturated/α-hetero) is 1. The Labute approximate surface area is 84.4 Å². The van der Waals surface area contributed by atoms with Crippen molar-refractivity contribution in [3.05, 3.63) is 24.5 Å². The summed E-state index contributed by atoms with van der Waals surface area (Å²) in [6.07, 6.45) is 3.18. The van der Waals surface area contributed by atoms with Gasteiger partial charge in [-0.15, -0.1) is 0 Å². The maximum absolute atomic E-state index is 11.6. The lowest BCUT2D eigenvalue weighted by Crippen LogP contribution is -2.34. The quantitative estimate of drug-likeness (QED) is 0.798. The first-order valence-corrected chi connectivity index (χ1v) is 4.84. The van der Waals surface area contributed by atoms with Gasteiger partial charge in [0, 0.05) is 18.8 Å². The fourth-order valence-corrected chi connectivity index (χ4v) is 1.48. The van der Waals surface area contributed by atoms with Crippen molar-refractivity contribution >= 4 is 5.78 Å². The van der Waals surface area contributed by atoms with Crippen LogP contribution in [0.1, 0.15) is 33.4 Å². The fraction of sp³-hybridized carbons (Fsp3) is 0.545. The average Bonchev–Trinajstić information content (AvgIpc) is 2.67. The highest BCUT2D eigenvalue weighted by Crippen LogP contribution is 2.30. The van der Waals surface area contributed by atoms with E-state index >= 15 is 0 Å². The third-order valence-electron chi connectivity index (χ3n) is 2.60. The van der Waals surface area contributed by atoms with E-state index in [0.717, 1.165) is 0 Å². The molecule has 0 aliphatic rings. The van der Waals surface area contributed by atoms with Gasteiger partial charge in [0.05, 0.1) is 5.41 Å². The van der Waals surface area contributed by atoms with E-state index in [-0.39, 0.29) is 5.78 Å². The number of aromatic nitrogens is 1. The zero-order valence-corrected chi connectivity index (χ0v) is 8.90. The van der Waals surface area contributed by atoms with Crippen LogP contribution in [0.5, 0.6) is 0 Å². The van der Waals surface area contributed by atoms with Gasteiger partial charge in [-0.2, -0.15) is 0 Å². The van der Waals surface area contributed by atoms with Crippen molar-refractivity contribution in [3.8, 4) is 0 Å². The monoisotopic (exact) mass is 195 g/mol. The van der Waals surface area contributed by atoms with Gasteiger partial charge in [0.2, 0.25) is 0 Å². The minimum absolute atomic E-state index is 0.0682. The molecule has 1 aromatic rings. The summed E-state index contributed by atoms with van der Waals surface area (Å²) < 4.78 is 1.65. The number of aliphatic hydroxyl groups excluding tert-OH is 1. The molecule has 1 heterocycles. The topological polar surface area (TPSA) is 42.2 Å². The Morgan fingerprint density at radius 2 is 1.93 bits per heavy atom. The summed E-state index contributed by atoms with van der Waals surface area (Å²) >= 11 is 0. The Bertz CT molecular complexity index is 301. The average molecular weight is 195 g/mol. The predicted molar refractivity (Wildman–Crippen MR) is 54.8 cm³/mol. The molecule has 1 N–H and O–H groups in total. The summed E-state index contributed by atoms with van der Waals surface area (Å²) in [4.78, 5) is 11.6. The first-order valence-electron chi connectivity index (χ1n) is 4.84. The molecule has 0 radical (unpaired) electrons. The fourth-order valence-electron chi connectivity index (χ4n) is 1.48. The summed E-state index contributed by atoms with van der Waals surface area (Å²) in [7, 11) is 0. The lowest BCUT2D eigenvalue weighted by atomic mass is 9.84. The van der Waals surface area contributed by atoms with Crippen molar-refractivity contribution in [2.45, 2.75) is 33.4 Å². The molecule has 1 rings (SSSR count). The van der Waals surface area contributed by atoms with Gasteiger partial charge in [-0.3, -0.25) is 4.79 Å². The maximum Gasteiger partial charge on any atom is 0.142 e. The zero-order valence-electron chi connectivity index (χ0n) is 8.90. The molecule has 0 amide bonds. The third-order valence-corrected chi connectivity index (χ3v) is 2.60. The van der Waals surface area contributed by atoms with Gasteiger partial charge >= 0.3 is 0 Å². The van der Waals surface area contributed by atoms with Crippen molar-refractivity contribution in [1.82, 2.24) is 4.57 Å². The number of rotatable bonds is 4. The predicted octanol–water partition coefficient (Wildman–Crippen LogP) is 1.98. The molecule has 1 atom stereocenters. The number of aliphatic hydroxyl groups is 1. The second-order valence-electron chi connectivity index (χ2n) is 4.00. The van der Waals surface area contributed by atoms with Crippen molar-refractivity contribution in [2.24, 2.45) is 5.41 Å². The van der Waals surface area contributed by atoms with Crippen LogP contribution in [0.15, 0.2) is 24.5 Å². The molecule has 0 bridgehead atoms. The number of carbonyl (C=O) groups is 1. The van der Waals surface area contributed by atoms with E-state index in [2.05, 4.69) is 0 Å². The Kier molecular flexibility index (Phi) is 3.11. The highest BCUT2D eigenvalue weighted by Gasteiger charge is 2.34. The number of nitrogens with zero attached hydrogens (tertiary/aromatic N) is 1. The van der Waals surface area contributed by atoms with E-state index in [1.165, 1.54) is 0 Å².